The summed E-state index contributed by atoms with van der Waals surface area (Å²) in [4.78, 5) is 24.5. The molecule has 10 heteroatoms. The van der Waals surface area contributed by atoms with E-state index in [4.69, 9.17) is 0 Å². The van der Waals surface area contributed by atoms with Crippen LogP contribution in [0.15, 0.2) is 42.1 Å². The van der Waals surface area contributed by atoms with E-state index in [1.807, 2.05) is 4.57 Å². The van der Waals surface area contributed by atoms with Gasteiger partial charge in [-0.3, -0.25) is 9.59 Å². The van der Waals surface area contributed by atoms with Gasteiger partial charge in [0.15, 0.2) is 20.8 Å². The molecule has 8 nitrogen and oxygen atoms in total. The topological polar surface area (TPSA) is 111 Å². The maximum atomic E-state index is 12.7. The highest BCUT2D eigenvalue weighted by Gasteiger charge is 2.33. The van der Waals surface area contributed by atoms with Crippen molar-refractivity contribution in [2.75, 3.05) is 16.8 Å². The number of carbonyl (C=O) groups excluding carboxylic acids is 2. The predicted molar refractivity (Wildman–Crippen MR) is 117 cm³/mol. The zero-order valence-electron chi connectivity index (χ0n) is 16.9. The first-order chi connectivity index (χ1) is 14.2. The Morgan fingerprint density at radius 2 is 2.10 bits per heavy atom. The van der Waals surface area contributed by atoms with E-state index in [1.54, 1.807) is 37.3 Å². The number of hydrogen-bond acceptors (Lipinski definition) is 7. The summed E-state index contributed by atoms with van der Waals surface area (Å²) in [5.41, 5.74) is 0.912. The summed E-state index contributed by atoms with van der Waals surface area (Å²) >= 11 is 1.23. The summed E-state index contributed by atoms with van der Waals surface area (Å²) in [5, 5.41) is 11.2. The van der Waals surface area contributed by atoms with Crippen molar-refractivity contribution in [2.24, 2.45) is 0 Å². The fourth-order valence-electron chi connectivity index (χ4n) is 3.33. The van der Waals surface area contributed by atoms with Gasteiger partial charge < -0.3 is 9.88 Å². The first-order valence-electron chi connectivity index (χ1n) is 9.53. The molecule has 160 valence electrons. The van der Waals surface area contributed by atoms with Gasteiger partial charge in [-0.2, -0.15) is 0 Å². The normalized spacial score (nSPS) is 18.7. The second-order valence-electron chi connectivity index (χ2n) is 7.19. The lowest BCUT2D eigenvalue weighted by Gasteiger charge is -2.15. The minimum Gasteiger partial charge on any atom is -0.324 e. The van der Waals surface area contributed by atoms with E-state index < -0.39 is 15.1 Å². The van der Waals surface area contributed by atoms with Gasteiger partial charge in [0.2, 0.25) is 5.91 Å². The molecule has 2 atom stereocenters. The van der Waals surface area contributed by atoms with Crippen LogP contribution in [0.5, 0.6) is 0 Å². The molecule has 0 spiro atoms. The fourth-order valence-corrected chi connectivity index (χ4v) is 5.94. The van der Waals surface area contributed by atoms with Crippen molar-refractivity contribution >= 4 is 39.0 Å². The van der Waals surface area contributed by atoms with E-state index in [0.717, 1.165) is 0 Å². The largest absolute Gasteiger partial charge is 0.324 e. The molecule has 1 aromatic heterocycles. The molecule has 1 fully saturated rings. The molecule has 1 aliphatic heterocycles. The van der Waals surface area contributed by atoms with E-state index in [9.17, 15) is 18.0 Å². The van der Waals surface area contributed by atoms with E-state index in [-0.39, 0.29) is 29.1 Å². The zero-order valence-corrected chi connectivity index (χ0v) is 18.5. The van der Waals surface area contributed by atoms with Crippen molar-refractivity contribution in [3.05, 3.63) is 48.3 Å². The highest BCUT2D eigenvalue weighted by Crippen LogP contribution is 2.31. The number of sulfone groups is 1. The van der Waals surface area contributed by atoms with Gasteiger partial charge >= 0.3 is 0 Å². The number of aromatic nitrogens is 3. The monoisotopic (exact) mass is 448 g/mol. The molecule has 0 saturated carbocycles. The Hall–Kier alpha value is -2.46. The zero-order chi connectivity index (χ0) is 21.9. The van der Waals surface area contributed by atoms with Gasteiger partial charge in [0.1, 0.15) is 5.82 Å². The van der Waals surface area contributed by atoms with Crippen LogP contribution in [0, 0.1) is 0 Å². The lowest BCUT2D eigenvalue weighted by Crippen LogP contribution is -2.24. The fraction of sp³-hybridized carbons (Fsp3) is 0.400. The quantitative estimate of drug-likeness (QED) is 0.375. The Kier molecular flexibility index (Phi) is 6.77. The number of rotatable bonds is 8. The van der Waals surface area contributed by atoms with Crippen LogP contribution in [0.1, 0.15) is 42.4 Å². The smallest absolute Gasteiger partial charge is 0.237 e. The third-order valence-electron chi connectivity index (χ3n) is 4.87. The molecule has 1 aliphatic rings. The Bertz CT molecular complexity index is 1080. The lowest BCUT2D eigenvalue weighted by atomic mass is 10.1. The second-order valence-corrected chi connectivity index (χ2v) is 10.7. The number of nitrogens with zero attached hydrogens (tertiary/aromatic N) is 3. The van der Waals surface area contributed by atoms with Crippen LogP contribution >= 0.6 is 11.8 Å². The third kappa shape index (κ3) is 4.99. The van der Waals surface area contributed by atoms with Gasteiger partial charge in [-0.05, 0) is 32.4 Å². The first kappa shape index (κ1) is 22.2. The molecule has 1 saturated heterocycles. The van der Waals surface area contributed by atoms with Gasteiger partial charge in [-0.25, -0.2) is 8.42 Å². The van der Waals surface area contributed by atoms with Crippen molar-refractivity contribution < 1.29 is 18.0 Å². The number of hydrogen-bond donors (Lipinski definition) is 1. The van der Waals surface area contributed by atoms with E-state index >= 15 is 0 Å². The number of anilines is 1. The number of carbonyl (C=O) groups is 2. The van der Waals surface area contributed by atoms with Crippen LogP contribution in [-0.2, 0) is 21.2 Å². The van der Waals surface area contributed by atoms with Gasteiger partial charge in [0, 0.05) is 18.0 Å². The molecule has 2 heterocycles. The molecule has 0 aliphatic carbocycles. The molecule has 0 bridgehead atoms. The number of nitrogens with one attached hydrogen (secondary N) is 1. The van der Waals surface area contributed by atoms with Crippen molar-refractivity contribution in [1.82, 2.24) is 14.8 Å². The molecule has 1 amide bonds. The van der Waals surface area contributed by atoms with Crippen molar-refractivity contribution in [2.45, 2.75) is 43.1 Å². The number of ketones is 1. The Morgan fingerprint density at radius 3 is 2.73 bits per heavy atom. The molecule has 3 rings (SSSR count). The summed E-state index contributed by atoms with van der Waals surface area (Å²) in [5.74, 6) is 0.205. The average molecular weight is 449 g/mol. The van der Waals surface area contributed by atoms with Gasteiger partial charge in [-0.1, -0.05) is 30.0 Å². The number of benzene rings is 1. The van der Waals surface area contributed by atoms with Gasteiger partial charge in [0.25, 0.3) is 0 Å². The highest BCUT2D eigenvalue weighted by atomic mass is 32.2. The van der Waals surface area contributed by atoms with Crippen LogP contribution < -0.4 is 5.32 Å². The average Bonchev–Trinajstić information content (AvgIpc) is 3.25. The van der Waals surface area contributed by atoms with Crippen LogP contribution in [-0.4, -0.2) is 51.6 Å². The molecule has 2 unspecified atom stereocenters. The number of thioether (sulfide) groups is 1. The summed E-state index contributed by atoms with van der Waals surface area (Å²) < 4.78 is 25.5. The molecular formula is C20H24N4O4S2. The Balaban J connectivity index is 1.76. The van der Waals surface area contributed by atoms with Crippen molar-refractivity contribution in [1.29, 1.82) is 0 Å². The van der Waals surface area contributed by atoms with Crippen LogP contribution in [0.3, 0.4) is 0 Å². The van der Waals surface area contributed by atoms with Crippen LogP contribution in [0.25, 0.3) is 0 Å². The second kappa shape index (κ2) is 9.13. The molecule has 30 heavy (non-hydrogen) atoms. The first-order valence-corrected chi connectivity index (χ1v) is 12.2. The molecular weight excluding hydrogens is 424 g/mol. The number of Topliss-reactive ketones (excluding diaryl/α,β-unsaturated/α-hetero) is 1. The standard InChI is InChI=1S/C20H24N4O4S2/c1-4-10-24-18(15-9-11-30(27,28)12-15)22-23-20(24)29-14(3)19(26)21-17-8-6-5-7-16(17)13(2)25/h4-8,14-15H,1,9-12H2,2-3H3,(H,21,26). The van der Waals surface area contributed by atoms with Gasteiger partial charge in [0.05, 0.1) is 22.4 Å². The van der Waals surface area contributed by atoms with E-state index in [0.29, 0.717) is 35.2 Å². The van der Waals surface area contributed by atoms with Crippen molar-refractivity contribution in [3.8, 4) is 0 Å². The lowest BCUT2D eigenvalue weighted by molar-refractivity contribution is -0.115. The summed E-state index contributed by atoms with van der Waals surface area (Å²) in [6.07, 6.45) is 2.20. The van der Waals surface area contributed by atoms with E-state index in [2.05, 4.69) is 22.1 Å². The van der Waals surface area contributed by atoms with Crippen LogP contribution in [0.2, 0.25) is 0 Å². The third-order valence-corrected chi connectivity index (χ3v) is 7.72. The maximum Gasteiger partial charge on any atom is 0.237 e. The molecule has 1 aromatic carbocycles. The minimum absolute atomic E-state index is 0.0603. The Labute approximate surface area is 180 Å². The predicted octanol–water partition coefficient (Wildman–Crippen LogP) is 2.69. The summed E-state index contributed by atoms with van der Waals surface area (Å²) in [7, 11) is -3.05. The summed E-state index contributed by atoms with van der Waals surface area (Å²) in [6.45, 7) is 7.36. The minimum atomic E-state index is -3.05. The van der Waals surface area contributed by atoms with Crippen molar-refractivity contribution in [3.63, 3.8) is 0 Å². The summed E-state index contributed by atoms with van der Waals surface area (Å²) in [6, 6.07) is 6.85. The molecule has 2 aromatic rings. The SMILES string of the molecule is C=CCn1c(SC(C)C(=O)Nc2ccccc2C(C)=O)nnc1C1CCS(=O)(=O)C1. The number of amides is 1. The van der Waals surface area contributed by atoms with Gasteiger partial charge in [-0.15, -0.1) is 16.8 Å². The van der Waals surface area contributed by atoms with Crippen LogP contribution in [0.4, 0.5) is 5.69 Å². The maximum absolute atomic E-state index is 12.7. The Morgan fingerprint density at radius 1 is 1.37 bits per heavy atom. The molecule has 0 radical (unpaired) electrons. The molecule has 1 N–H and O–H groups in total. The number of allylic oxidation sites excluding steroid dienone is 1. The number of para-hydroxylation sites is 1. The highest BCUT2D eigenvalue weighted by molar-refractivity contribution is 8.00. The van der Waals surface area contributed by atoms with E-state index in [1.165, 1.54) is 18.7 Å².